The Morgan fingerprint density at radius 2 is 2.13 bits per heavy atom. The Balaban J connectivity index is 1.83. The molecule has 118 valence electrons. The highest BCUT2D eigenvalue weighted by Gasteiger charge is 2.12. The summed E-state index contributed by atoms with van der Waals surface area (Å²) in [7, 11) is 1.71. The third kappa shape index (κ3) is 3.20. The smallest absolute Gasteiger partial charge is 0.264 e. The average Bonchev–Trinajstić information content (AvgIpc) is 2.87. The number of amides is 1. The van der Waals surface area contributed by atoms with E-state index in [1.54, 1.807) is 13.1 Å². The minimum Gasteiger partial charge on any atom is -0.324 e. The third-order valence-electron chi connectivity index (χ3n) is 3.24. The molecular weight excluding hydrogens is 430 g/mol. The molecule has 0 aliphatic carbocycles. The summed E-state index contributed by atoms with van der Waals surface area (Å²) >= 11 is 6.72. The number of carbonyl (C=O) groups is 1. The first kappa shape index (κ1) is 15.9. The van der Waals surface area contributed by atoms with E-state index in [1.165, 1.54) is 21.8 Å². The van der Waals surface area contributed by atoms with Gasteiger partial charge in [0.2, 0.25) is 5.91 Å². The number of nitrogens with zero attached hydrogens (tertiary/aromatic N) is 4. The molecule has 9 heteroatoms. The van der Waals surface area contributed by atoms with Gasteiger partial charge in [0.1, 0.15) is 18.3 Å². The number of aryl methyl sites for hydroxylation is 1. The van der Waals surface area contributed by atoms with Crippen LogP contribution in [0.1, 0.15) is 0 Å². The van der Waals surface area contributed by atoms with Gasteiger partial charge in [-0.2, -0.15) is 5.10 Å². The Kier molecular flexibility index (Phi) is 4.31. The predicted molar refractivity (Wildman–Crippen MR) is 93.2 cm³/mol. The highest BCUT2D eigenvalue weighted by molar-refractivity contribution is 9.11. The monoisotopic (exact) mass is 439 g/mol. The Labute approximate surface area is 147 Å². The molecule has 0 aliphatic rings. The SMILES string of the molecule is Cn1ncc2c(=O)n(CC(=O)Nc3ccc(Br)cc3Br)cnc21. The molecule has 7 nitrogen and oxygen atoms in total. The van der Waals surface area contributed by atoms with Crippen molar-refractivity contribution in [2.45, 2.75) is 6.54 Å². The number of hydrogen-bond acceptors (Lipinski definition) is 4. The summed E-state index contributed by atoms with van der Waals surface area (Å²) in [4.78, 5) is 28.6. The summed E-state index contributed by atoms with van der Waals surface area (Å²) < 4.78 is 4.41. The van der Waals surface area contributed by atoms with Gasteiger partial charge in [-0.3, -0.25) is 18.8 Å². The first-order chi connectivity index (χ1) is 11.0. The highest BCUT2D eigenvalue weighted by atomic mass is 79.9. The molecule has 0 saturated heterocycles. The maximum Gasteiger partial charge on any atom is 0.264 e. The zero-order valence-electron chi connectivity index (χ0n) is 12.0. The molecule has 1 aromatic carbocycles. The number of benzene rings is 1. The molecule has 0 bridgehead atoms. The molecule has 23 heavy (non-hydrogen) atoms. The van der Waals surface area contributed by atoms with E-state index in [9.17, 15) is 9.59 Å². The molecule has 0 unspecified atom stereocenters. The fourth-order valence-corrected chi connectivity index (χ4v) is 3.26. The quantitative estimate of drug-likeness (QED) is 0.677. The van der Waals surface area contributed by atoms with Crippen LogP contribution in [-0.4, -0.2) is 25.2 Å². The molecule has 0 spiro atoms. The molecule has 0 aliphatic heterocycles. The van der Waals surface area contributed by atoms with E-state index in [1.807, 2.05) is 12.1 Å². The fourth-order valence-electron chi connectivity index (χ4n) is 2.11. The second-order valence-corrected chi connectivity index (χ2v) is 6.63. The lowest BCUT2D eigenvalue weighted by Gasteiger charge is -2.09. The summed E-state index contributed by atoms with van der Waals surface area (Å²) in [5.74, 6) is -0.319. The number of aromatic nitrogens is 4. The summed E-state index contributed by atoms with van der Waals surface area (Å²) in [6.07, 6.45) is 2.80. The van der Waals surface area contributed by atoms with Crippen molar-refractivity contribution in [3.05, 3.63) is 50.0 Å². The van der Waals surface area contributed by atoms with Crippen molar-refractivity contribution in [2.24, 2.45) is 7.05 Å². The lowest BCUT2D eigenvalue weighted by molar-refractivity contribution is -0.116. The van der Waals surface area contributed by atoms with Gasteiger partial charge in [0.15, 0.2) is 5.65 Å². The van der Waals surface area contributed by atoms with Crippen LogP contribution in [0.15, 0.2) is 44.5 Å². The highest BCUT2D eigenvalue weighted by Crippen LogP contribution is 2.26. The van der Waals surface area contributed by atoms with Crippen LogP contribution in [0, 0.1) is 0 Å². The lowest BCUT2D eigenvalue weighted by atomic mass is 10.3. The molecule has 3 rings (SSSR count). The third-order valence-corrected chi connectivity index (χ3v) is 4.39. The van der Waals surface area contributed by atoms with Crippen molar-refractivity contribution in [1.29, 1.82) is 0 Å². The number of fused-ring (bicyclic) bond motifs is 1. The summed E-state index contributed by atoms with van der Waals surface area (Å²) in [5, 5.41) is 7.13. The first-order valence-electron chi connectivity index (χ1n) is 6.58. The normalized spacial score (nSPS) is 10.9. The summed E-state index contributed by atoms with van der Waals surface area (Å²) in [5.41, 5.74) is 0.817. The Morgan fingerprint density at radius 1 is 1.35 bits per heavy atom. The predicted octanol–water partition coefficient (Wildman–Crippen LogP) is 2.29. The largest absolute Gasteiger partial charge is 0.324 e. The Hall–Kier alpha value is -2.00. The van der Waals surface area contributed by atoms with Gasteiger partial charge < -0.3 is 5.32 Å². The number of carbonyl (C=O) groups excluding carboxylic acids is 1. The fraction of sp³-hybridized carbons (Fsp3) is 0.143. The minimum atomic E-state index is -0.319. The van der Waals surface area contributed by atoms with E-state index < -0.39 is 0 Å². The second kappa shape index (κ2) is 6.25. The van der Waals surface area contributed by atoms with E-state index in [4.69, 9.17) is 0 Å². The van der Waals surface area contributed by atoms with Gasteiger partial charge in [0, 0.05) is 16.0 Å². The van der Waals surface area contributed by atoms with E-state index >= 15 is 0 Å². The number of halogens is 2. The summed E-state index contributed by atoms with van der Waals surface area (Å²) in [6, 6.07) is 5.40. The molecule has 2 heterocycles. The molecule has 0 saturated carbocycles. The van der Waals surface area contributed by atoms with Crippen LogP contribution < -0.4 is 10.9 Å². The first-order valence-corrected chi connectivity index (χ1v) is 8.16. The molecule has 1 N–H and O–H groups in total. The molecular formula is C14H11Br2N5O2. The molecule has 0 radical (unpaired) electrons. The van der Waals surface area contributed by atoms with Crippen LogP contribution in [0.25, 0.3) is 11.0 Å². The van der Waals surface area contributed by atoms with Gasteiger partial charge in [-0.1, -0.05) is 15.9 Å². The maximum absolute atomic E-state index is 12.3. The van der Waals surface area contributed by atoms with Crippen LogP contribution in [0.3, 0.4) is 0 Å². The average molecular weight is 441 g/mol. The molecule has 2 aromatic heterocycles. The van der Waals surface area contributed by atoms with Gasteiger partial charge >= 0.3 is 0 Å². The van der Waals surface area contributed by atoms with E-state index in [-0.39, 0.29) is 18.0 Å². The van der Waals surface area contributed by atoms with Crippen molar-refractivity contribution in [3.8, 4) is 0 Å². The van der Waals surface area contributed by atoms with Crippen LogP contribution in [-0.2, 0) is 18.4 Å². The van der Waals surface area contributed by atoms with E-state index in [0.717, 1.165) is 8.95 Å². The molecule has 1 amide bonds. The van der Waals surface area contributed by atoms with E-state index in [2.05, 4.69) is 47.3 Å². The number of rotatable bonds is 3. The zero-order valence-corrected chi connectivity index (χ0v) is 15.1. The standard InChI is InChI=1S/C14H11Br2N5O2/c1-20-13-9(5-18-20)14(23)21(7-17-13)6-12(22)19-11-3-2-8(15)4-10(11)16/h2-5,7H,6H2,1H3,(H,19,22). The molecule has 0 fully saturated rings. The van der Waals surface area contributed by atoms with Gasteiger partial charge in [-0.15, -0.1) is 0 Å². The Bertz CT molecular complexity index is 963. The van der Waals surface area contributed by atoms with Crippen LogP contribution in [0.5, 0.6) is 0 Å². The van der Waals surface area contributed by atoms with Crippen molar-refractivity contribution in [1.82, 2.24) is 19.3 Å². The van der Waals surface area contributed by atoms with Gasteiger partial charge in [-0.05, 0) is 34.1 Å². The van der Waals surface area contributed by atoms with Crippen molar-refractivity contribution < 1.29 is 4.79 Å². The van der Waals surface area contributed by atoms with Gasteiger partial charge in [0.25, 0.3) is 5.56 Å². The zero-order chi connectivity index (χ0) is 16.6. The molecule has 3 aromatic rings. The maximum atomic E-state index is 12.3. The van der Waals surface area contributed by atoms with E-state index in [0.29, 0.717) is 16.7 Å². The summed E-state index contributed by atoms with van der Waals surface area (Å²) in [6.45, 7) is -0.126. The number of anilines is 1. The van der Waals surface area contributed by atoms with Crippen LogP contribution in [0.2, 0.25) is 0 Å². The lowest BCUT2D eigenvalue weighted by Crippen LogP contribution is -2.27. The van der Waals surface area contributed by atoms with Crippen LogP contribution >= 0.6 is 31.9 Å². The van der Waals surface area contributed by atoms with Crippen molar-refractivity contribution in [3.63, 3.8) is 0 Å². The Morgan fingerprint density at radius 3 is 2.87 bits per heavy atom. The van der Waals surface area contributed by atoms with Crippen molar-refractivity contribution in [2.75, 3.05) is 5.32 Å². The molecule has 0 atom stereocenters. The number of nitrogens with one attached hydrogen (secondary N) is 1. The van der Waals surface area contributed by atoms with Crippen molar-refractivity contribution >= 4 is 54.5 Å². The van der Waals surface area contributed by atoms with Crippen LogP contribution in [0.4, 0.5) is 5.69 Å². The second-order valence-electron chi connectivity index (χ2n) is 4.86. The minimum absolute atomic E-state index is 0.126. The van der Waals surface area contributed by atoms with Gasteiger partial charge in [0.05, 0.1) is 11.9 Å². The van der Waals surface area contributed by atoms with Gasteiger partial charge in [-0.25, -0.2) is 4.98 Å². The number of hydrogen-bond donors (Lipinski definition) is 1. The topological polar surface area (TPSA) is 81.8 Å².